The molecule has 0 saturated carbocycles. The smallest absolute Gasteiger partial charge is 0.310 e. The highest BCUT2D eigenvalue weighted by Gasteiger charge is 2.48. The summed E-state index contributed by atoms with van der Waals surface area (Å²) in [5.41, 5.74) is -0.528. The van der Waals surface area contributed by atoms with Crippen LogP contribution in [0.3, 0.4) is 0 Å². The molecule has 11 nitrogen and oxygen atoms in total. The van der Waals surface area contributed by atoms with Crippen LogP contribution in [-0.4, -0.2) is 64.3 Å². The number of piperidine rings is 1. The second-order valence-corrected chi connectivity index (χ2v) is 7.78. The monoisotopic (exact) mass is 443 g/mol. The molecule has 2 unspecified atom stereocenters. The van der Waals surface area contributed by atoms with Crippen molar-refractivity contribution < 1.29 is 40.0 Å². The highest BCUT2D eigenvalue weighted by atomic mass is 32.3. The normalized spacial score (nSPS) is 22.5. The van der Waals surface area contributed by atoms with Crippen LogP contribution >= 0.6 is 11.3 Å². The van der Waals surface area contributed by atoms with Crippen LogP contribution in [0.4, 0.5) is 18.0 Å². The van der Waals surface area contributed by atoms with Crippen LogP contribution in [0.25, 0.3) is 0 Å². The lowest BCUT2D eigenvalue weighted by Gasteiger charge is -2.30. The molecule has 16 heteroatoms. The van der Waals surface area contributed by atoms with E-state index < -0.39 is 57.1 Å². The molecule has 2 atom stereocenters. The number of halogens is 3. The Hall–Kier alpha value is -2.30. The van der Waals surface area contributed by atoms with Gasteiger partial charge in [0.25, 0.3) is 5.91 Å². The van der Waals surface area contributed by atoms with Crippen molar-refractivity contribution in [2.24, 2.45) is 0 Å². The molecule has 0 spiro atoms. The zero-order chi connectivity index (χ0) is 20.9. The molecule has 0 aromatic carbocycles. The standard InChI is InChI=1S/C12H12F3N5O6S2/c13-12(14,15)10-17-6(4-27-10)9(21)18-8(16)7-2-1-5-3-19(7)11(22)20(5)26-28(23,24)25/h4-5,7H,1-3H2,(H2,16,18,21)(H,23,24,25). The number of amidine groups is 1. The first kappa shape index (κ1) is 20.4. The van der Waals surface area contributed by atoms with Crippen LogP contribution in [0.2, 0.25) is 0 Å². The van der Waals surface area contributed by atoms with Gasteiger partial charge < -0.3 is 10.2 Å². The largest absolute Gasteiger partial charge is 0.443 e. The summed E-state index contributed by atoms with van der Waals surface area (Å²) in [6, 6.07) is -2.57. The van der Waals surface area contributed by atoms with Gasteiger partial charge in [-0.05, 0) is 12.8 Å². The van der Waals surface area contributed by atoms with Gasteiger partial charge in [0.1, 0.15) is 11.5 Å². The summed E-state index contributed by atoms with van der Waals surface area (Å²) in [6.45, 7) is -0.0216. The van der Waals surface area contributed by atoms with E-state index in [-0.39, 0.29) is 30.7 Å². The van der Waals surface area contributed by atoms with Gasteiger partial charge in [-0.2, -0.15) is 26.7 Å². The van der Waals surface area contributed by atoms with Crippen molar-refractivity contribution >= 4 is 39.5 Å². The maximum atomic E-state index is 12.6. The van der Waals surface area contributed by atoms with Crippen molar-refractivity contribution in [3.05, 3.63) is 16.1 Å². The number of nitrogens with zero attached hydrogens (tertiary/aromatic N) is 3. The molecule has 2 saturated heterocycles. The van der Waals surface area contributed by atoms with E-state index >= 15 is 0 Å². The fourth-order valence-electron chi connectivity index (χ4n) is 2.91. The Morgan fingerprint density at radius 1 is 1.43 bits per heavy atom. The Bertz CT molecular complexity index is 932. The van der Waals surface area contributed by atoms with Gasteiger partial charge in [0.15, 0.2) is 5.01 Å². The maximum Gasteiger partial charge on any atom is 0.443 e. The van der Waals surface area contributed by atoms with Gasteiger partial charge in [-0.15, -0.1) is 15.6 Å². The van der Waals surface area contributed by atoms with E-state index in [0.29, 0.717) is 5.06 Å². The van der Waals surface area contributed by atoms with Crippen LogP contribution in [0.1, 0.15) is 28.3 Å². The number of urea groups is 1. The van der Waals surface area contributed by atoms with Crippen molar-refractivity contribution in [3.8, 4) is 0 Å². The lowest BCUT2D eigenvalue weighted by atomic mass is 10.00. The molecule has 1 aromatic heterocycles. The molecule has 0 radical (unpaired) electrons. The molecule has 3 heterocycles. The van der Waals surface area contributed by atoms with Crippen LogP contribution in [-0.2, 0) is 20.9 Å². The topological polar surface area (TPSA) is 153 Å². The first-order valence-corrected chi connectivity index (χ1v) is 9.80. The zero-order valence-corrected chi connectivity index (χ0v) is 15.3. The minimum absolute atomic E-state index is 0.0216. The number of aromatic nitrogens is 1. The van der Waals surface area contributed by atoms with E-state index in [1.54, 1.807) is 0 Å². The maximum absolute atomic E-state index is 12.6. The predicted octanol–water partition coefficient (Wildman–Crippen LogP) is 0.872. The van der Waals surface area contributed by atoms with Crippen LogP contribution in [0.5, 0.6) is 0 Å². The summed E-state index contributed by atoms with van der Waals surface area (Å²) in [4.78, 5) is 28.5. The third-order valence-electron chi connectivity index (χ3n) is 4.06. The van der Waals surface area contributed by atoms with Crippen molar-refractivity contribution in [1.29, 1.82) is 5.41 Å². The first-order valence-electron chi connectivity index (χ1n) is 7.56. The second-order valence-electron chi connectivity index (χ2n) is 5.91. The van der Waals surface area contributed by atoms with E-state index in [4.69, 9.17) is 9.96 Å². The summed E-state index contributed by atoms with van der Waals surface area (Å²) in [5, 5.41) is 10.2. The fourth-order valence-corrected chi connectivity index (χ4v) is 3.97. The van der Waals surface area contributed by atoms with Crippen molar-refractivity contribution in [3.63, 3.8) is 0 Å². The third kappa shape index (κ3) is 4.08. The van der Waals surface area contributed by atoms with Gasteiger partial charge >= 0.3 is 22.6 Å². The van der Waals surface area contributed by atoms with Crippen LogP contribution in [0, 0.1) is 5.41 Å². The van der Waals surface area contributed by atoms with Gasteiger partial charge in [-0.25, -0.2) is 9.78 Å². The molecular formula is C12H12F3N5O6S2. The van der Waals surface area contributed by atoms with Gasteiger partial charge in [-0.1, -0.05) is 0 Å². The van der Waals surface area contributed by atoms with Crippen molar-refractivity contribution in [2.45, 2.75) is 31.1 Å². The minimum Gasteiger partial charge on any atom is -0.310 e. The number of carbonyl (C=O) groups is 2. The number of rotatable bonds is 4. The number of thiazole rings is 1. The number of hydrogen-bond acceptors (Lipinski definition) is 8. The minimum atomic E-state index is -4.93. The fraction of sp³-hybridized carbons (Fsp3) is 0.500. The van der Waals surface area contributed by atoms with Crippen molar-refractivity contribution in [2.75, 3.05) is 6.54 Å². The Labute approximate surface area is 159 Å². The molecule has 2 aliphatic rings. The van der Waals surface area contributed by atoms with Gasteiger partial charge in [-0.3, -0.25) is 14.8 Å². The summed E-state index contributed by atoms with van der Waals surface area (Å²) in [5.74, 6) is -1.51. The lowest BCUT2D eigenvalue weighted by Crippen LogP contribution is -2.50. The highest BCUT2D eigenvalue weighted by molar-refractivity contribution is 7.80. The molecule has 3 rings (SSSR count). The van der Waals surface area contributed by atoms with Crippen molar-refractivity contribution in [1.82, 2.24) is 20.3 Å². The molecule has 0 aliphatic carbocycles. The van der Waals surface area contributed by atoms with E-state index in [1.165, 1.54) is 0 Å². The summed E-state index contributed by atoms with van der Waals surface area (Å²) in [6.07, 6.45) is -4.34. The molecule has 154 valence electrons. The molecule has 1 aromatic rings. The molecule has 2 aliphatic heterocycles. The predicted molar refractivity (Wildman–Crippen MR) is 85.7 cm³/mol. The molecule has 3 amide bonds. The number of hydrogen-bond donors (Lipinski definition) is 3. The third-order valence-corrected chi connectivity index (χ3v) is 5.29. The average molecular weight is 443 g/mol. The second kappa shape index (κ2) is 6.94. The Morgan fingerprint density at radius 2 is 2.11 bits per heavy atom. The van der Waals surface area contributed by atoms with E-state index in [2.05, 4.69) is 14.6 Å². The van der Waals surface area contributed by atoms with Gasteiger partial charge in [0, 0.05) is 11.9 Å². The highest BCUT2D eigenvalue weighted by Crippen LogP contribution is 2.32. The Balaban J connectivity index is 1.68. The Morgan fingerprint density at radius 3 is 2.68 bits per heavy atom. The summed E-state index contributed by atoms with van der Waals surface area (Å²) < 4.78 is 72.4. The molecular weight excluding hydrogens is 431 g/mol. The lowest BCUT2D eigenvalue weighted by molar-refractivity contribution is -0.137. The van der Waals surface area contributed by atoms with Crippen LogP contribution in [0.15, 0.2) is 5.38 Å². The van der Waals surface area contributed by atoms with E-state index in [9.17, 15) is 31.2 Å². The number of hydroxylamine groups is 2. The number of alkyl halides is 3. The van der Waals surface area contributed by atoms with Crippen LogP contribution < -0.4 is 5.32 Å². The number of carbonyl (C=O) groups excluding carboxylic acids is 2. The number of amides is 3. The quantitative estimate of drug-likeness (QED) is 0.355. The number of nitrogens with one attached hydrogen (secondary N) is 2. The molecule has 3 N–H and O–H groups in total. The number of fused-ring (bicyclic) bond motifs is 2. The first-order chi connectivity index (χ1) is 12.9. The molecule has 2 fully saturated rings. The molecule has 28 heavy (non-hydrogen) atoms. The Kier molecular flexibility index (Phi) is 5.07. The average Bonchev–Trinajstić information content (AvgIpc) is 3.15. The SMILES string of the molecule is N=C(NC(=O)c1csc(C(F)(F)F)n1)C1CCC2CN1C(=O)N2OS(=O)(=O)O. The zero-order valence-electron chi connectivity index (χ0n) is 13.6. The van der Waals surface area contributed by atoms with E-state index in [0.717, 1.165) is 10.3 Å². The van der Waals surface area contributed by atoms with E-state index in [1.807, 2.05) is 0 Å². The summed E-state index contributed by atoms with van der Waals surface area (Å²) in [7, 11) is -4.93. The molecule has 2 bridgehead atoms. The van der Waals surface area contributed by atoms with Gasteiger partial charge in [0.2, 0.25) is 0 Å². The van der Waals surface area contributed by atoms with Gasteiger partial charge in [0.05, 0.1) is 12.1 Å². The summed E-state index contributed by atoms with van der Waals surface area (Å²) >= 11 is 0.229.